The molecular weight excluding hydrogens is 446 g/mol. The molecular formula is C14H6Cl4F4N2S. The summed E-state index contributed by atoms with van der Waals surface area (Å²) in [4.78, 5) is 0.0829. The normalized spacial score (nSPS) is 12.3. The Balaban J connectivity index is 2.66. The summed E-state index contributed by atoms with van der Waals surface area (Å²) in [5.74, 6) is 0. The van der Waals surface area contributed by atoms with Crippen molar-refractivity contribution in [3.05, 3.63) is 45.2 Å². The third-order valence-electron chi connectivity index (χ3n) is 3.14. The lowest BCUT2D eigenvalue weighted by Crippen LogP contribution is -2.07. The number of halogens is 8. The largest absolute Gasteiger partial charge is 0.416 e. The highest BCUT2D eigenvalue weighted by atomic mass is 35.5. The van der Waals surface area contributed by atoms with Crippen molar-refractivity contribution in [1.82, 2.24) is 4.57 Å². The molecule has 1 aromatic carbocycles. The Bertz CT molecular complexity index is 842. The number of nitrogens with zero attached hydrogens (tertiary/aromatic N) is 2. The fraction of sp³-hybridized carbons (Fsp3) is 0.214. The van der Waals surface area contributed by atoms with Crippen molar-refractivity contribution in [2.75, 3.05) is 0 Å². The monoisotopic (exact) mass is 450 g/mol. The second kappa shape index (κ2) is 7.09. The molecule has 11 heteroatoms. The quantitative estimate of drug-likeness (QED) is 0.282. The number of aromatic nitrogens is 1. The van der Waals surface area contributed by atoms with Gasteiger partial charge in [-0.15, -0.1) is 0 Å². The van der Waals surface area contributed by atoms with Gasteiger partial charge in [0.25, 0.3) is 0 Å². The van der Waals surface area contributed by atoms with Crippen molar-refractivity contribution in [2.24, 2.45) is 0 Å². The van der Waals surface area contributed by atoms with Crippen LogP contribution >= 0.6 is 58.2 Å². The molecule has 0 radical (unpaired) electrons. The highest BCUT2D eigenvalue weighted by Gasteiger charge is 2.33. The molecule has 1 aromatic heterocycles. The second-order valence-corrected chi connectivity index (χ2v) is 8.47. The van der Waals surface area contributed by atoms with Gasteiger partial charge in [0.05, 0.1) is 26.9 Å². The van der Waals surface area contributed by atoms with E-state index in [1.807, 2.05) is 6.07 Å². The molecule has 0 N–H and O–H groups in total. The van der Waals surface area contributed by atoms with Crippen LogP contribution in [0.2, 0.25) is 10.0 Å². The average Bonchev–Trinajstić information content (AvgIpc) is 2.71. The average molecular weight is 452 g/mol. The van der Waals surface area contributed by atoms with Crippen LogP contribution in [0, 0.1) is 18.3 Å². The fourth-order valence-corrected chi connectivity index (χ4v) is 3.98. The van der Waals surface area contributed by atoms with Crippen LogP contribution in [0.15, 0.2) is 23.2 Å². The van der Waals surface area contributed by atoms with Gasteiger partial charge in [0.2, 0.25) is 0 Å². The molecule has 1 heterocycles. The summed E-state index contributed by atoms with van der Waals surface area (Å²) in [6, 6.07) is 3.28. The lowest BCUT2D eigenvalue weighted by molar-refractivity contribution is -0.137. The molecule has 0 saturated heterocycles. The zero-order valence-corrected chi connectivity index (χ0v) is 15.9. The first-order valence-electron chi connectivity index (χ1n) is 6.29. The van der Waals surface area contributed by atoms with Crippen LogP contribution in [0.5, 0.6) is 0 Å². The van der Waals surface area contributed by atoms with E-state index in [0.717, 1.165) is 0 Å². The van der Waals surface area contributed by atoms with Gasteiger partial charge in [-0.2, -0.15) is 22.8 Å². The predicted octanol–water partition coefficient (Wildman–Crippen LogP) is 7.13. The molecule has 0 aliphatic carbocycles. The molecule has 0 aliphatic rings. The Hall–Kier alpha value is -0.780. The van der Waals surface area contributed by atoms with Crippen LogP contribution < -0.4 is 0 Å². The zero-order valence-electron chi connectivity index (χ0n) is 12.1. The van der Waals surface area contributed by atoms with Gasteiger partial charge >= 0.3 is 10.1 Å². The lowest BCUT2D eigenvalue weighted by Gasteiger charge is -2.14. The van der Waals surface area contributed by atoms with Gasteiger partial charge in [-0.1, -0.05) is 46.4 Å². The van der Waals surface area contributed by atoms with E-state index in [1.165, 1.54) is 17.7 Å². The van der Waals surface area contributed by atoms with Crippen molar-refractivity contribution in [3.8, 4) is 11.8 Å². The molecule has 0 bridgehead atoms. The third kappa shape index (κ3) is 4.50. The van der Waals surface area contributed by atoms with E-state index < -0.39 is 15.7 Å². The van der Waals surface area contributed by atoms with Crippen LogP contribution in [0.1, 0.15) is 16.8 Å². The summed E-state index contributed by atoms with van der Waals surface area (Å²) in [6.07, 6.45) is -3.35. The Morgan fingerprint density at radius 1 is 1.12 bits per heavy atom. The molecule has 0 atom stereocenters. The van der Waals surface area contributed by atoms with Gasteiger partial charge in [0, 0.05) is 16.8 Å². The standard InChI is InChI=1S/C14H6Cl4F4N2S/c1-6-8(4-23)11(25-14(17,18)22)5-24(6)12-9(15)2-7(3-10(12)16)13(19,20)21/h2-3,5H,1H3. The third-order valence-corrected chi connectivity index (χ3v) is 4.94. The van der Waals surface area contributed by atoms with Gasteiger partial charge in [-0.25, -0.2) is 0 Å². The number of benzene rings is 1. The number of hydrogen-bond donors (Lipinski definition) is 0. The van der Waals surface area contributed by atoms with Crippen molar-refractivity contribution < 1.29 is 17.6 Å². The Kier molecular flexibility index (Phi) is 5.82. The maximum absolute atomic E-state index is 13.5. The van der Waals surface area contributed by atoms with Gasteiger partial charge in [0.1, 0.15) is 6.07 Å². The van der Waals surface area contributed by atoms with E-state index in [4.69, 9.17) is 46.4 Å². The van der Waals surface area contributed by atoms with Crippen molar-refractivity contribution >= 4 is 58.2 Å². The molecule has 2 rings (SSSR count). The van der Waals surface area contributed by atoms with Crippen molar-refractivity contribution in [3.63, 3.8) is 0 Å². The molecule has 0 amide bonds. The predicted molar refractivity (Wildman–Crippen MR) is 91.6 cm³/mol. The fourth-order valence-electron chi connectivity index (χ4n) is 2.11. The summed E-state index contributed by atoms with van der Waals surface area (Å²) in [5, 5.41) is 8.67. The SMILES string of the molecule is Cc1c(C#N)c(SC(F)(Cl)Cl)cn1-c1c(Cl)cc(C(F)(F)F)cc1Cl. The minimum atomic E-state index is -4.62. The summed E-state index contributed by atoms with van der Waals surface area (Å²) in [6.45, 7) is 1.50. The minimum absolute atomic E-state index is 0.0192. The van der Waals surface area contributed by atoms with E-state index in [2.05, 4.69) is 0 Å². The van der Waals surface area contributed by atoms with Crippen molar-refractivity contribution in [2.45, 2.75) is 21.9 Å². The van der Waals surface area contributed by atoms with E-state index in [1.54, 1.807) is 0 Å². The number of hydrogen-bond acceptors (Lipinski definition) is 2. The Labute approximate surface area is 164 Å². The van der Waals surface area contributed by atoms with Gasteiger partial charge in [-0.3, -0.25) is 0 Å². The van der Waals surface area contributed by atoms with Crippen LogP contribution in [-0.4, -0.2) is 8.49 Å². The van der Waals surface area contributed by atoms with Gasteiger partial charge in [-0.05, 0) is 30.8 Å². The minimum Gasteiger partial charge on any atom is -0.316 e. The molecule has 0 saturated carbocycles. The summed E-state index contributed by atoms with van der Waals surface area (Å²) in [7, 11) is 0. The lowest BCUT2D eigenvalue weighted by atomic mass is 10.2. The first-order valence-corrected chi connectivity index (χ1v) is 8.62. The first kappa shape index (κ1) is 20.5. The molecule has 25 heavy (non-hydrogen) atoms. The van der Waals surface area contributed by atoms with E-state index in [9.17, 15) is 22.8 Å². The Morgan fingerprint density at radius 3 is 2.04 bits per heavy atom. The van der Waals surface area contributed by atoms with E-state index >= 15 is 0 Å². The Morgan fingerprint density at radius 2 is 1.64 bits per heavy atom. The molecule has 2 aromatic rings. The zero-order chi connectivity index (χ0) is 19.2. The maximum Gasteiger partial charge on any atom is 0.416 e. The highest BCUT2D eigenvalue weighted by molar-refractivity contribution is 8.03. The van der Waals surface area contributed by atoms with Crippen LogP contribution in [0.3, 0.4) is 0 Å². The first-order chi connectivity index (χ1) is 11.3. The molecule has 0 unspecified atom stereocenters. The molecule has 0 fully saturated rings. The smallest absolute Gasteiger partial charge is 0.316 e. The summed E-state index contributed by atoms with van der Waals surface area (Å²) < 4.78 is 50.5. The number of thioether (sulfide) groups is 1. The molecule has 134 valence electrons. The van der Waals surface area contributed by atoms with E-state index in [-0.39, 0.29) is 31.9 Å². The number of nitriles is 1. The van der Waals surface area contributed by atoms with Gasteiger partial charge in [0.15, 0.2) is 0 Å². The number of alkyl halides is 6. The van der Waals surface area contributed by atoms with Crippen LogP contribution in [-0.2, 0) is 6.18 Å². The highest BCUT2D eigenvalue weighted by Crippen LogP contribution is 2.45. The van der Waals surface area contributed by atoms with Crippen LogP contribution in [0.4, 0.5) is 17.6 Å². The topological polar surface area (TPSA) is 28.7 Å². The number of rotatable bonds is 3. The second-order valence-electron chi connectivity index (χ2n) is 4.77. The molecule has 0 aliphatic heterocycles. The van der Waals surface area contributed by atoms with Crippen LogP contribution in [0.25, 0.3) is 5.69 Å². The van der Waals surface area contributed by atoms with Gasteiger partial charge < -0.3 is 4.57 Å². The molecule has 2 nitrogen and oxygen atoms in total. The summed E-state index contributed by atoms with van der Waals surface area (Å²) in [5.41, 5.74) is -0.673. The van der Waals surface area contributed by atoms with E-state index in [0.29, 0.717) is 23.9 Å². The maximum atomic E-state index is 13.5. The summed E-state index contributed by atoms with van der Waals surface area (Å²) >= 11 is 22.9. The molecule has 0 spiro atoms. The van der Waals surface area contributed by atoms with Crippen molar-refractivity contribution in [1.29, 1.82) is 5.26 Å².